The van der Waals surface area contributed by atoms with Crippen molar-refractivity contribution < 1.29 is 8.42 Å². The van der Waals surface area contributed by atoms with E-state index in [0.29, 0.717) is 12.4 Å². The molecule has 0 radical (unpaired) electrons. The maximum absolute atomic E-state index is 11.1. The molecule has 0 aliphatic carbocycles. The molecule has 0 aromatic heterocycles. The molecular formula is C12H18ClNO2S. The lowest BCUT2D eigenvalue weighted by molar-refractivity contribution is 0.601. The predicted octanol–water partition coefficient (Wildman–Crippen LogP) is 2.21. The van der Waals surface area contributed by atoms with Crippen LogP contribution in [0.2, 0.25) is 0 Å². The van der Waals surface area contributed by atoms with E-state index in [1.54, 1.807) is 0 Å². The third-order valence-corrected chi connectivity index (χ3v) is 3.86. The monoisotopic (exact) mass is 275 g/mol. The van der Waals surface area contributed by atoms with E-state index >= 15 is 0 Å². The molecule has 0 saturated carbocycles. The molecule has 0 spiro atoms. The van der Waals surface area contributed by atoms with Crippen molar-refractivity contribution in [1.29, 1.82) is 0 Å². The third kappa shape index (κ3) is 4.56. The van der Waals surface area contributed by atoms with E-state index in [9.17, 15) is 8.42 Å². The van der Waals surface area contributed by atoms with Crippen molar-refractivity contribution in [2.45, 2.75) is 12.8 Å². The minimum absolute atomic E-state index is 0.167. The van der Waals surface area contributed by atoms with Crippen LogP contribution in [0.5, 0.6) is 0 Å². The Bertz CT molecular complexity index is 485. The Hall–Kier alpha value is -0.740. The van der Waals surface area contributed by atoms with Crippen molar-refractivity contribution in [3.8, 4) is 0 Å². The first-order valence-electron chi connectivity index (χ1n) is 5.38. The standard InChI is InChI=1S/C12H18ClNO2S/c1-10-8-11(9-13)4-5-12(10)14(2)6-7-17(3,15)16/h4-5,8H,6-7,9H2,1-3H3. The van der Waals surface area contributed by atoms with E-state index in [-0.39, 0.29) is 5.75 Å². The van der Waals surface area contributed by atoms with Gasteiger partial charge in [-0.3, -0.25) is 0 Å². The molecule has 1 rings (SSSR count). The molecule has 5 heteroatoms. The van der Waals surface area contributed by atoms with E-state index in [1.807, 2.05) is 37.1 Å². The molecule has 0 aliphatic heterocycles. The van der Waals surface area contributed by atoms with Gasteiger partial charge in [-0.1, -0.05) is 12.1 Å². The number of anilines is 1. The minimum atomic E-state index is -2.92. The van der Waals surface area contributed by atoms with Crippen LogP contribution in [0.1, 0.15) is 11.1 Å². The highest BCUT2D eigenvalue weighted by molar-refractivity contribution is 7.90. The molecule has 0 aliphatic rings. The fourth-order valence-corrected chi connectivity index (χ4v) is 2.42. The number of rotatable bonds is 5. The summed E-state index contributed by atoms with van der Waals surface area (Å²) in [5, 5.41) is 0. The second-order valence-electron chi connectivity index (χ2n) is 4.31. The van der Waals surface area contributed by atoms with Crippen molar-refractivity contribution in [2.24, 2.45) is 0 Å². The summed E-state index contributed by atoms with van der Waals surface area (Å²) in [7, 11) is -1.02. The molecule has 1 aromatic carbocycles. The highest BCUT2D eigenvalue weighted by Crippen LogP contribution is 2.20. The lowest BCUT2D eigenvalue weighted by Crippen LogP contribution is -2.25. The zero-order valence-corrected chi connectivity index (χ0v) is 12.0. The smallest absolute Gasteiger partial charge is 0.149 e. The summed E-state index contributed by atoms with van der Waals surface area (Å²) in [5.41, 5.74) is 3.23. The molecule has 0 heterocycles. The second kappa shape index (κ2) is 5.74. The summed E-state index contributed by atoms with van der Waals surface area (Å²) in [6, 6.07) is 5.97. The van der Waals surface area contributed by atoms with Gasteiger partial charge in [-0.2, -0.15) is 0 Å². The van der Waals surface area contributed by atoms with Crippen molar-refractivity contribution in [3.05, 3.63) is 29.3 Å². The highest BCUT2D eigenvalue weighted by atomic mass is 35.5. The van der Waals surface area contributed by atoms with Crippen molar-refractivity contribution in [2.75, 3.05) is 30.5 Å². The summed E-state index contributed by atoms with van der Waals surface area (Å²) in [4.78, 5) is 1.95. The van der Waals surface area contributed by atoms with Gasteiger partial charge in [0.25, 0.3) is 0 Å². The van der Waals surface area contributed by atoms with Crippen LogP contribution in [0.3, 0.4) is 0 Å². The summed E-state index contributed by atoms with van der Waals surface area (Å²) < 4.78 is 22.2. The lowest BCUT2D eigenvalue weighted by atomic mass is 10.1. The van der Waals surface area contributed by atoms with E-state index in [1.165, 1.54) is 6.26 Å². The Morgan fingerprint density at radius 1 is 1.35 bits per heavy atom. The summed E-state index contributed by atoms with van der Waals surface area (Å²) in [6.07, 6.45) is 1.25. The molecule has 0 fully saturated rings. The third-order valence-electron chi connectivity index (χ3n) is 2.62. The van der Waals surface area contributed by atoms with E-state index in [4.69, 9.17) is 11.6 Å². The molecular weight excluding hydrogens is 258 g/mol. The molecule has 0 N–H and O–H groups in total. The van der Waals surface area contributed by atoms with Crippen molar-refractivity contribution in [1.82, 2.24) is 0 Å². The Balaban J connectivity index is 2.79. The Kier molecular flexibility index (Phi) is 4.83. The average molecular weight is 276 g/mol. The number of hydrogen-bond acceptors (Lipinski definition) is 3. The quantitative estimate of drug-likeness (QED) is 0.774. The number of halogens is 1. The molecule has 0 atom stereocenters. The minimum Gasteiger partial charge on any atom is -0.373 e. The largest absolute Gasteiger partial charge is 0.373 e. The summed E-state index contributed by atoms with van der Waals surface area (Å²) >= 11 is 5.76. The lowest BCUT2D eigenvalue weighted by Gasteiger charge is -2.21. The van der Waals surface area contributed by atoms with Crippen LogP contribution >= 0.6 is 11.6 Å². The first-order chi connectivity index (χ1) is 7.83. The zero-order chi connectivity index (χ0) is 13.1. The fraction of sp³-hybridized carbons (Fsp3) is 0.500. The second-order valence-corrected chi connectivity index (χ2v) is 6.83. The number of nitrogens with zero attached hydrogens (tertiary/aromatic N) is 1. The van der Waals surface area contributed by atoms with Gasteiger partial charge in [-0.05, 0) is 24.1 Å². The SMILES string of the molecule is Cc1cc(CCl)ccc1N(C)CCS(C)(=O)=O. The Morgan fingerprint density at radius 2 is 2.00 bits per heavy atom. The van der Waals surface area contributed by atoms with Crippen LogP contribution in [-0.4, -0.2) is 34.0 Å². The predicted molar refractivity (Wildman–Crippen MR) is 73.7 cm³/mol. The van der Waals surface area contributed by atoms with Gasteiger partial charge in [0, 0.05) is 31.4 Å². The number of sulfone groups is 1. The first kappa shape index (κ1) is 14.3. The van der Waals surface area contributed by atoms with Gasteiger partial charge >= 0.3 is 0 Å². The highest BCUT2D eigenvalue weighted by Gasteiger charge is 2.08. The molecule has 17 heavy (non-hydrogen) atoms. The van der Waals surface area contributed by atoms with Crippen molar-refractivity contribution in [3.63, 3.8) is 0 Å². The van der Waals surface area contributed by atoms with Crippen LogP contribution in [-0.2, 0) is 15.7 Å². The first-order valence-corrected chi connectivity index (χ1v) is 7.97. The maximum Gasteiger partial charge on any atom is 0.149 e. The average Bonchev–Trinajstić information content (AvgIpc) is 2.24. The van der Waals surface area contributed by atoms with Gasteiger partial charge < -0.3 is 4.90 Å². The number of aryl methyl sites for hydroxylation is 1. The molecule has 0 bridgehead atoms. The van der Waals surface area contributed by atoms with Gasteiger partial charge in [0.15, 0.2) is 0 Å². The normalized spacial score (nSPS) is 11.5. The number of hydrogen-bond donors (Lipinski definition) is 0. The molecule has 0 saturated heterocycles. The van der Waals surface area contributed by atoms with Gasteiger partial charge in [0.1, 0.15) is 9.84 Å². The molecule has 0 amide bonds. The summed E-state index contributed by atoms with van der Waals surface area (Å²) in [6.45, 7) is 2.50. The van der Waals surface area contributed by atoms with Crippen LogP contribution in [0.15, 0.2) is 18.2 Å². The fourth-order valence-electron chi connectivity index (χ4n) is 1.65. The summed E-state index contributed by atoms with van der Waals surface area (Å²) in [5.74, 6) is 0.661. The van der Waals surface area contributed by atoms with E-state index in [0.717, 1.165) is 16.8 Å². The Morgan fingerprint density at radius 3 is 2.47 bits per heavy atom. The van der Waals surface area contributed by atoms with Gasteiger partial charge in [-0.25, -0.2) is 8.42 Å². The zero-order valence-electron chi connectivity index (χ0n) is 10.4. The Labute approximate surface area is 108 Å². The number of alkyl halides is 1. The van der Waals surface area contributed by atoms with Gasteiger partial charge in [0.05, 0.1) is 5.75 Å². The molecule has 3 nitrogen and oxygen atoms in total. The van der Waals surface area contributed by atoms with Gasteiger partial charge in [-0.15, -0.1) is 11.6 Å². The molecule has 0 unspecified atom stereocenters. The molecule has 1 aromatic rings. The van der Waals surface area contributed by atoms with Crippen LogP contribution in [0.4, 0.5) is 5.69 Å². The van der Waals surface area contributed by atoms with Crippen molar-refractivity contribution >= 4 is 27.1 Å². The van der Waals surface area contributed by atoms with E-state index < -0.39 is 9.84 Å². The van der Waals surface area contributed by atoms with Crippen LogP contribution < -0.4 is 4.90 Å². The molecule has 96 valence electrons. The van der Waals surface area contributed by atoms with Crippen LogP contribution in [0, 0.1) is 6.92 Å². The topological polar surface area (TPSA) is 37.4 Å². The van der Waals surface area contributed by atoms with Gasteiger partial charge in [0.2, 0.25) is 0 Å². The van der Waals surface area contributed by atoms with E-state index in [2.05, 4.69) is 0 Å². The number of benzene rings is 1. The maximum atomic E-state index is 11.1. The van der Waals surface area contributed by atoms with Crippen LogP contribution in [0.25, 0.3) is 0 Å².